The van der Waals surface area contributed by atoms with E-state index in [0.29, 0.717) is 0 Å². The van der Waals surface area contributed by atoms with Gasteiger partial charge < -0.3 is 15.7 Å². The van der Waals surface area contributed by atoms with Crippen molar-refractivity contribution < 1.29 is 19.5 Å². The van der Waals surface area contributed by atoms with Gasteiger partial charge in [0.25, 0.3) is 0 Å². The molecule has 3 N–H and O–H groups in total. The highest BCUT2D eigenvalue weighted by molar-refractivity contribution is 5.87. The average molecular weight is 188 g/mol. The van der Waals surface area contributed by atoms with Crippen LogP contribution in [0.15, 0.2) is 0 Å². The summed E-state index contributed by atoms with van der Waals surface area (Å²) >= 11 is 0. The minimum Gasteiger partial charge on any atom is -0.480 e. The molecule has 0 rings (SSSR count). The number of rotatable bonds is 4. The molecule has 0 saturated heterocycles. The highest BCUT2D eigenvalue weighted by Gasteiger charge is 2.20. The maximum absolute atomic E-state index is 10.8. The van der Waals surface area contributed by atoms with Crippen molar-refractivity contribution >= 4 is 17.8 Å². The zero-order valence-electron chi connectivity index (χ0n) is 7.46. The predicted octanol–water partition coefficient (Wildman–Crippen LogP) is -1.29. The molecule has 6 nitrogen and oxygen atoms in total. The van der Waals surface area contributed by atoms with E-state index >= 15 is 0 Å². The standard InChI is InChI=1S/C7H12N2O4/c1-4(10)9-5(7(12)13)3-6(11)8-2/h5H,3H2,1-2H3,(H,8,11)(H,9,10)(H,12,13)/t5-/m0/s1. The molecule has 0 radical (unpaired) electrons. The van der Waals surface area contributed by atoms with Crippen LogP contribution in [0.25, 0.3) is 0 Å². The molecular formula is C7H12N2O4. The van der Waals surface area contributed by atoms with E-state index in [9.17, 15) is 14.4 Å². The first-order valence-corrected chi connectivity index (χ1v) is 3.68. The fourth-order valence-corrected chi connectivity index (χ4v) is 0.733. The van der Waals surface area contributed by atoms with Crippen molar-refractivity contribution in [2.45, 2.75) is 19.4 Å². The smallest absolute Gasteiger partial charge is 0.326 e. The number of carboxylic acids is 1. The third-order valence-corrected chi connectivity index (χ3v) is 1.34. The van der Waals surface area contributed by atoms with Gasteiger partial charge >= 0.3 is 5.97 Å². The van der Waals surface area contributed by atoms with E-state index in [-0.39, 0.29) is 6.42 Å². The van der Waals surface area contributed by atoms with Crippen molar-refractivity contribution in [3.8, 4) is 0 Å². The zero-order valence-corrected chi connectivity index (χ0v) is 7.46. The first-order chi connectivity index (χ1) is 5.97. The highest BCUT2D eigenvalue weighted by atomic mass is 16.4. The van der Waals surface area contributed by atoms with Gasteiger partial charge in [0.05, 0.1) is 6.42 Å². The molecular weight excluding hydrogens is 176 g/mol. The van der Waals surface area contributed by atoms with Crippen LogP contribution in [0.5, 0.6) is 0 Å². The fourth-order valence-electron chi connectivity index (χ4n) is 0.733. The first kappa shape index (κ1) is 11.4. The van der Waals surface area contributed by atoms with E-state index in [1.54, 1.807) is 0 Å². The number of carbonyl (C=O) groups excluding carboxylic acids is 2. The Kier molecular flexibility index (Phi) is 4.50. The Morgan fingerprint density at radius 3 is 2.23 bits per heavy atom. The van der Waals surface area contributed by atoms with Crippen molar-refractivity contribution in [3.63, 3.8) is 0 Å². The lowest BCUT2D eigenvalue weighted by Crippen LogP contribution is -2.42. The van der Waals surface area contributed by atoms with Crippen molar-refractivity contribution in [2.24, 2.45) is 0 Å². The normalized spacial score (nSPS) is 11.5. The van der Waals surface area contributed by atoms with Gasteiger partial charge in [0.2, 0.25) is 11.8 Å². The van der Waals surface area contributed by atoms with Crippen LogP contribution in [0.4, 0.5) is 0 Å². The summed E-state index contributed by atoms with van der Waals surface area (Å²) < 4.78 is 0. The van der Waals surface area contributed by atoms with Crippen LogP contribution in [-0.4, -0.2) is 36.0 Å². The van der Waals surface area contributed by atoms with E-state index < -0.39 is 23.8 Å². The summed E-state index contributed by atoms with van der Waals surface area (Å²) in [7, 11) is 1.40. The molecule has 0 aliphatic carbocycles. The second-order valence-corrected chi connectivity index (χ2v) is 2.47. The number of carboxylic acid groups (broad SMARTS) is 1. The van der Waals surface area contributed by atoms with Gasteiger partial charge in [-0.15, -0.1) is 0 Å². The maximum atomic E-state index is 10.8. The Labute approximate surface area is 75.3 Å². The lowest BCUT2D eigenvalue weighted by atomic mass is 10.2. The fraction of sp³-hybridized carbons (Fsp3) is 0.571. The largest absolute Gasteiger partial charge is 0.480 e. The molecule has 0 heterocycles. The molecule has 0 aliphatic rings. The maximum Gasteiger partial charge on any atom is 0.326 e. The molecule has 0 aromatic rings. The lowest BCUT2D eigenvalue weighted by Gasteiger charge is -2.11. The number of carbonyl (C=O) groups is 3. The molecule has 0 aromatic heterocycles. The van der Waals surface area contributed by atoms with Crippen molar-refractivity contribution in [3.05, 3.63) is 0 Å². The zero-order chi connectivity index (χ0) is 10.4. The molecule has 6 heteroatoms. The molecule has 0 bridgehead atoms. The Bertz CT molecular complexity index is 227. The summed E-state index contributed by atoms with van der Waals surface area (Å²) in [5, 5.41) is 13.0. The van der Waals surface area contributed by atoms with E-state index in [1.165, 1.54) is 14.0 Å². The molecule has 0 spiro atoms. The van der Waals surface area contributed by atoms with Crippen molar-refractivity contribution in [1.82, 2.24) is 10.6 Å². The Balaban J connectivity index is 4.18. The monoisotopic (exact) mass is 188 g/mol. The summed E-state index contributed by atoms with van der Waals surface area (Å²) in [6, 6.07) is -1.16. The van der Waals surface area contributed by atoms with Crippen LogP contribution in [0.2, 0.25) is 0 Å². The van der Waals surface area contributed by atoms with Crippen LogP contribution >= 0.6 is 0 Å². The Hall–Kier alpha value is -1.59. The number of hydrogen-bond donors (Lipinski definition) is 3. The molecule has 2 amide bonds. The van der Waals surface area contributed by atoms with Gasteiger partial charge in [0.1, 0.15) is 6.04 Å². The molecule has 0 fully saturated rings. The van der Waals surface area contributed by atoms with Gasteiger partial charge in [-0.1, -0.05) is 0 Å². The molecule has 74 valence electrons. The number of aliphatic carboxylic acids is 1. The summed E-state index contributed by atoms with van der Waals surface area (Å²) in [4.78, 5) is 31.8. The van der Waals surface area contributed by atoms with Gasteiger partial charge in [0, 0.05) is 14.0 Å². The Morgan fingerprint density at radius 2 is 1.92 bits per heavy atom. The van der Waals surface area contributed by atoms with Crippen LogP contribution in [-0.2, 0) is 14.4 Å². The first-order valence-electron chi connectivity index (χ1n) is 3.68. The molecule has 0 aliphatic heterocycles. The van der Waals surface area contributed by atoms with Crippen LogP contribution in [0.1, 0.15) is 13.3 Å². The van der Waals surface area contributed by atoms with Gasteiger partial charge in [-0.2, -0.15) is 0 Å². The third-order valence-electron chi connectivity index (χ3n) is 1.34. The second-order valence-electron chi connectivity index (χ2n) is 2.47. The number of nitrogens with one attached hydrogen (secondary N) is 2. The van der Waals surface area contributed by atoms with Crippen molar-refractivity contribution in [1.29, 1.82) is 0 Å². The van der Waals surface area contributed by atoms with E-state index in [1.807, 2.05) is 0 Å². The van der Waals surface area contributed by atoms with Gasteiger partial charge in [-0.05, 0) is 0 Å². The predicted molar refractivity (Wildman–Crippen MR) is 43.9 cm³/mol. The van der Waals surface area contributed by atoms with Gasteiger partial charge in [0.15, 0.2) is 0 Å². The molecule has 13 heavy (non-hydrogen) atoms. The molecule has 1 atom stereocenters. The van der Waals surface area contributed by atoms with Crippen LogP contribution in [0, 0.1) is 0 Å². The van der Waals surface area contributed by atoms with Gasteiger partial charge in [-0.25, -0.2) is 4.79 Å². The highest BCUT2D eigenvalue weighted by Crippen LogP contribution is 1.92. The SMILES string of the molecule is CNC(=O)C[C@H](NC(C)=O)C(=O)O. The van der Waals surface area contributed by atoms with Gasteiger partial charge in [-0.3, -0.25) is 9.59 Å². The Morgan fingerprint density at radius 1 is 1.38 bits per heavy atom. The minimum absolute atomic E-state index is 0.259. The molecule has 0 saturated carbocycles. The summed E-state index contributed by atoms with van der Waals surface area (Å²) in [5.41, 5.74) is 0. The number of hydrogen-bond acceptors (Lipinski definition) is 3. The van der Waals surface area contributed by atoms with Crippen molar-refractivity contribution in [2.75, 3.05) is 7.05 Å². The van der Waals surface area contributed by atoms with E-state index in [0.717, 1.165) is 0 Å². The van der Waals surface area contributed by atoms with Crippen LogP contribution < -0.4 is 10.6 Å². The second kappa shape index (κ2) is 5.13. The molecule has 0 unspecified atom stereocenters. The third kappa shape index (κ3) is 4.78. The minimum atomic E-state index is -1.22. The number of amides is 2. The average Bonchev–Trinajstić information content (AvgIpc) is 2.02. The van der Waals surface area contributed by atoms with E-state index in [2.05, 4.69) is 10.6 Å². The summed E-state index contributed by atoms with van der Waals surface area (Å²) in [5.74, 6) is -2.13. The lowest BCUT2D eigenvalue weighted by molar-refractivity contribution is -0.143. The summed E-state index contributed by atoms with van der Waals surface area (Å²) in [6.45, 7) is 1.19. The van der Waals surface area contributed by atoms with Crippen LogP contribution in [0.3, 0.4) is 0 Å². The summed E-state index contributed by atoms with van der Waals surface area (Å²) in [6.07, 6.45) is -0.259. The van der Waals surface area contributed by atoms with E-state index in [4.69, 9.17) is 5.11 Å². The quantitative estimate of drug-likeness (QED) is 0.511. The topological polar surface area (TPSA) is 95.5 Å². The molecule has 0 aromatic carbocycles.